The van der Waals surface area contributed by atoms with Gasteiger partial charge in [-0.05, 0) is 13.8 Å². The van der Waals surface area contributed by atoms with E-state index in [1.54, 1.807) is 13.8 Å². The van der Waals surface area contributed by atoms with Crippen molar-refractivity contribution in [2.45, 2.75) is 13.8 Å². The van der Waals surface area contributed by atoms with Crippen LogP contribution in [0.3, 0.4) is 0 Å². The molecule has 2 N–H and O–H groups in total. The maximum Gasteiger partial charge on any atom is 0.0402 e. The fourth-order valence-electron chi connectivity index (χ4n) is 0. The van der Waals surface area contributed by atoms with Crippen molar-refractivity contribution in [1.29, 1.82) is 0 Å². The molecule has 0 aliphatic carbocycles. The Hall–Kier alpha value is -0.520. The zero-order chi connectivity index (χ0) is 7.41. The molecule has 0 radical (unpaired) electrons. The molecule has 0 aromatic carbocycles. The molecule has 2 nitrogen and oxygen atoms in total. The summed E-state index contributed by atoms with van der Waals surface area (Å²) in [4.78, 5) is 0. The number of aliphatic hydroxyl groups excluding tert-OH is 2. The van der Waals surface area contributed by atoms with Gasteiger partial charge in [0.05, 0.1) is 0 Å². The Kier molecular flexibility index (Phi) is 174. The molecule has 0 atom stereocenters. The molecule has 0 aliphatic heterocycles. The Morgan fingerprint density at radius 3 is 1.00 bits per heavy atom. The van der Waals surface area contributed by atoms with Crippen LogP contribution in [0.25, 0.3) is 0 Å². The Morgan fingerprint density at radius 1 is 1.00 bits per heavy atom. The third-order valence-electron chi connectivity index (χ3n) is 0. The lowest BCUT2D eigenvalue weighted by atomic mass is 10.9. The van der Waals surface area contributed by atoms with Crippen LogP contribution in [0.4, 0.5) is 0 Å². The third kappa shape index (κ3) is 407. The minimum atomic E-state index is 0.250. The van der Waals surface area contributed by atoms with Crippen LogP contribution in [0.5, 0.6) is 0 Å². The summed E-state index contributed by atoms with van der Waals surface area (Å²) in [5.74, 6) is 0. The van der Waals surface area contributed by atoms with Crippen LogP contribution in [0, 0.1) is 12.8 Å². The molecule has 0 unspecified atom stereocenters. The van der Waals surface area contributed by atoms with Gasteiger partial charge in [-0.15, -0.1) is 12.8 Å². The number of rotatable bonds is 0. The molecular formula is C6H14O2. The number of aliphatic hydroxyl groups is 2. The first kappa shape index (κ1) is 15.6. The fourth-order valence-corrected chi connectivity index (χ4v) is 0. The molecule has 0 aromatic heterocycles. The van der Waals surface area contributed by atoms with Crippen molar-refractivity contribution in [2.75, 3.05) is 13.2 Å². The van der Waals surface area contributed by atoms with E-state index in [-0.39, 0.29) is 13.2 Å². The third-order valence-corrected chi connectivity index (χ3v) is 0. The fraction of sp³-hybridized carbons (Fsp3) is 0.667. The van der Waals surface area contributed by atoms with E-state index in [9.17, 15) is 0 Å². The predicted molar refractivity (Wildman–Crippen MR) is 35.4 cm³/mol. The second-order valence-corrected chi connectivity index (χ2v) is 0.632. The van der Waals surface area contributed by atoms with Crippen molar-refractivity contribution in [3.8, 4) is 12.8 Å². The first-order chi connectivity index (χ1) is 3.83. The molecule has 0 spiro atoms. The number of hydrogen-bond donors (Lipinski definition) is 2. The molecule has 0 aromatic rings. The molecular weight excluding hydrogens is 104 g/mol. The lowest BCUT2D eigenvalue weighted by Crippen LogP contribution is -1.57. The largest absolute Gasteiger partial charge is 0.397 e. The highest BCUT2D eigenvalue weighted by Gasteiger charge is 1.34. The zero-order valence-corrected chi connectivity index (χ0v) is 5.46. The molecule has 0 fully saturated rings. The zero-order valence-electron chi connectivity index (χ0n) is 5.46. The lowest BCUT2D eigenvalue weighted by Gasteiger charge is -1.52. The molecule has 50 valence electrons. The second kappa shape index (κ2) is 88.8. The molecule has 0 amide bonds. The molecule has 0 aliphatic rings. The summed E-state index contributed by atoms with van der Waals surface area (Å²) in [6.07, 6.45) is 8.00. The molecule has 0 heterocycles. The lowest BCUT2D eigenvalue weighted by molar-refractivity contribution is 0.318. The molecule has 0 saturated heterocycles. The van der Waals surface area contributed by atoms with E-state index in [1.165, 1.54) is 0 Å². The Bertz CT molecular complexity index is 23.0. The maximum atomic E-state index is 7.57. The van der Waals surface area contributed by atoms with E-state index in [0.29, 0.717) is 0 Å². The SMILES string of the molecule is C#C.CCO.CCO. The average molecular weight is 118 g/mol. The minimum absolute atomic E-state index is 0.250. The monoisotopic (exact) mass is 118 g/mol. The van der Waals surface area contributed by atoms with Gasteiger partial charge in [-0.3, -0.25) is 0 Å². The summed E-state index contributed by atoms with van der Waals surface area (Å²) in [6.45, 7) is 3.86. The summed E-state index contributed by atoms with van der Waals surface area (Å²) in [5.41, 5.74) is 0. The van der Waals surface area contributed by atoms with E-state index in [0.717, 1.165) is 0 Å². The molecule has 2 heteroatoms. The summed E-state index contributed by atoms with van der Waals surface area (Å²) in [7, 11) is 0. The van der Waals surface area contributed by atoms with Crippen molar-refractivity contribution in [2.24, 2.45) is 0 Å². The van der Waals surface area contributed by atoms with E-state index in [4.69, 9.17) is 10.2 Å². The predicted octanol–water partition coefficient (Wildman–Crippen LogP) is 0.247. The highest BCUT2D eigenvalue weighted by molar-refractivity contribution is 4.47. The Labute approximate surface area is 51.2 Å². The molecule has 0 saturated carbocycles. The van der Waals surface area contributed by atoms with Gasteiger partial charge < -0.3 is 10.2 Å². The van der Waals surface area contributed by atoms with E-state index >= 15 is 0 Å². The summed E-state index contributed by atoms with van der Waals surface area (Å²) >= 11 is 0. The Balaban J connectivity index is -0.0000000483. The van der Waals surface area contributed by atoms with Crippen molar-refractivity contribution < 1.29 is 10.2 Å². The quantitative estimate of drug-likeness (QED) is 0.447. The standard InChI is InChI=1S/2C2H6O.C2H2/c2*1-2-3;1-2/h2*3H,2H2,1H3;1-2H. The molecule has 0 bridgehead atoms. The van der Waals surface area contributed by atoms with Crippen LogP contribution in [0.15, 0.2) is 0 Å². The van der Waals surface area contributed by atoms with E-state index < -0.39 is 0 Å². The van der Waals surface area contributed by atoms with Crippen LogP contribution >= 0.6 is 0 Å². The van der Waals surface area contributed by atoms with E-state index in [1.807, 2.05) is 0 Å². The van der Waals surface area contributed by atoms with Crippen LogP contribution in [0.2, 0.25) is 0 Å². The smallest absolute Gasteiger partial charge is 0.0402 e. The van der Waals surface area contributed by atoms with E-state index in [2.05, 4.69) is 12.8 Å². The van der Waals surface area contributed by atoms with Crippen LogP contribution in [0.1, 0.15) is 13.8 Å². The van der Waals surface area contributed by atoms with Gasteiger partial charge in [-0.2, -0.15) is 0 Å². The minimum Gasteiger partial charge on any atom is -0.397 e. The second-order valence-electron chi connectivity index (χ2n) is 0.632. The average Bonchev–Trinajstić information content (AvgIpc) is 1.75. The van der Waals surface area contributed by atoms with Crippen molar-refractivity contribution in [3.63, 3.8) is 0 Å². The van der Waals surface area contributed by atoms with Crippen molar-refractivity contribution in [3.05, 3.63) is 0 Å². The van der Waals surface area contributed by atoms with Crippen molar-refractivity contribution in [1.82, 2.24) is 0 Å². The first-order valence-electron chi connectivity index (χ1n) is 2.38. The van der Waals surface area contributed by atoms with Crippen LogP contribution in [-0.2, 0) is 0 Å². The molecule has 8 heavy (non-hydrogen) atoms. The van der Waals surface area contributed by atoms with Crippen LogP contribution in [-0.4, -0.2) is 23.4 Å². The van der Waals surface area contributed by atoms with Crippen LogP contribution < -0.4 is 0 Å². The van der Waals surface area contributed by atoms with Gasteiger partial charge in [0.2, 0.25) is 0 Å². The highest BCUT2D eigenvalue weighted by Crippen LogP contribution is 1.30. The van der Waals surface area contributed by atoms with Gasteiger partial charge in [0.15, 0.2) is 0 Å². The normalized spacial score (nSPS) is 4.75. The van der Waals surface area contributed by atoms with Crippen molar-refractivity contribution >= 4 is 0 Å². The Morgan fingerprint density at radius 2 is 1.00 bits per heavy atom. The number of hydrogen-bond acceptors (Lipinski definition) is 2. The topological polar surface area (TPSA) is 40.5 Å². The first-order valence-corrected chi connectivity index (χ1v) is 2.38. The van der Waals surface area contributed by atoms with Gasteiger partial charge >= 0.3 is 0 Å². The summed E-state index contributed by atoms with van der Waals surface area (Å²) in [5, 5.41) is 15.1. The van der Waals surface area contributed by atoms with Gasteiger partial charge in [-0.25, -0.2) is 0 Å². The summed E-state index contributed by atoms with van der Waals surface area (Å²) < 4.78 is 0. The van der Waals surface area contributed by atoms with Gasteiger partial charge in [0.1, 0.15) is 0 Å². The van der Waals surface area contributed by atoms with Gasteiger partial charge in [0.25, 0.3) is 0 Å². The summed E-state index contributed by atoms with van der Waals surface area (Å²) in [6, 6.07) is 0. The maximum absolute atomic E-state index is 7.57. The van der Waals surface area contributed by atoms with Gasteiger partial charge in [-0.1, -0.05) is 0 Å². The van der Waals surface area contributed by atoms with Gasteiger partial charge in [0, 0.05) is 13.2 Å². The number of terminal acetylenes is 1. The molecule has 0 rings (SSSR count). The highest BCUT2D eigenvalue weighted by atomic mass is 16.3.